The van der Waals surface area contributed by atoms with Gasteiger partial charge >= 0.3 is 0 Å². The number of methoxy groups -OCH3 is 3. The first-order valence-corrected chi connectivity index (χ1v) is 7.90. The summed E-state index contributed by atoms with van der Waals surface area (Å²) in [5, 5.41) is 13.2. The van der Waals surface area contributed by atoms with Crippen LogP contribution in [0.25, 0.3) is 10.9 Å². The van der Waals surface area contributed by atoms with E-state index in [1.807, 2.05) is 0 Å². The quantitative estimate of drug-likeness (QED) is 0.681. The Bertz CT molecular complexity index is 981. The molecule has 2 aromatic carbocycles. The molecule has 1 heterocycles. The summed E-state index contributed by atoms with van der Waals surface area (Å²) in [6, 6.07) is 5.62. The molecule has 0 aliphatic rings. The molecule has 26 heavy (non-hydrogen) atoms. The molecular formula is C18H16ClFN2O4. The van der Waals surface area contributed by atoms with Crippen LogP contribution in [0.15, 0.2) is 30.5 Å². The number of phenols is 1. The third-order valence-electron chi connectivity index (χ3n) is 3.84. The Morgan fingerprint density at radius 3 is 2.42 bits per heavy atom. The average Bonchev–Trinajstić information content (AvgIpc) is 2.64. The molecule has 136 valence electrons. The lowest BCUT2D eigenvalue weighted by Gasteiger charge is -2.17. The molecule has 3 rings (SSSR count). The van der Waals surface area contributed by atoms with Gasteiger partial charge in [0.25, 0.3) is 0 Å². The molecule has 3 aromatic rings. The summed E-state index contributed by atoms with van der Waals surface area (Å²) in [6.45, 7) is 0. The van der Waals surface area contributed by atoms with Crippen molar-refractivity contribution in [2.45, 2.75) is 0 Å². The van der Waals surface area contributed by atoms with E-state index in [1.54, 1.807) is 18.3 Å². The van der Waals surface area contributed by atoms with Crippen molar-refractivity contribution < 1.29 is 23.7 Å². The highest BCUT2D eigenvalue weighted by atomic mass is 35.5. The van der Waals surface area contributed by atoms with Gasteiger partial charge in [-0.3, -0.25) is 4.98 Å². The molecular weight excluding hydrogens is 363 g/mol. The molecule has 0 radical (unpaired) electrons. The summed E-state index contributed by atoms with van der Waals surface area (Å²) in [6.07, 6.45) is 1.55. The Morgan fingerprint density at radius 1 is 1.04 bits per heavy atom. The van der Waals surface area contributed by atoms with Gasteiger partial charge in [0, 0.05) is 23.3 Å². The highest BCUT2D eigenvalue weighted by Gasteiger charge is 2.19. The normalized spacial score (nSPS) is 10.7. The number of rotatable bonds is 5. The number of ether oxygens (including phenoxy) is 3. The lowest BCUT2D eigenvalue weighted by molar-refractivity contribution is 0.327. The van der Waals surface area contributed by atoms with Gasteiger partial charge in [-0.25, -0.2) is 4.39 Å². The van der Waals surface area contributed by atoms with E-state index in [2.05, 4.69) is 10.3 Å². The summed E-state index contributed by atoms with van der Waals surface area (Å²) in [5.41, 5.74) is 1.11. The number of pyridine rings is 1. The van der Waals surface area contributed by atoms with E-state index in [1.165, 1.54) is 27.4 Å². The van der Waals surface area contributed by atoms with Gasteiger partial charge in [-0.05, 0) is 18.2 Å². The van der Waals surface area contributed by atoms with Gasteiger partial charge in [0.05, 0.1) is 32.0 Å². The molecule has 0 spiro atoms. The fourth-order valence-electron chi connectivity index (χ4n) is 2.64. The van der Waals surface area contributed by atoms with Crippen molar-refractivity contribution >= 4 is 33.9 Å². The summed E-state index contributed by atoms with van der Waals surface area (Å²) in [4.78, 5) is 4.33. The fraction of sp³-hybridized carbons (Fsp3) is 0.167. The molecule has 0 bridgehead atoms. The molecule has 0 unspecified atom stereocenters. The van der Waals surface area contributed by atoms with Crippen molar-refractivity contribution in [2.75, 3.05) is 26.6 Å². The van der Waals surface area contributed by atoms with E-state index in [4.69, 9.17) is 25.8 Å². The van der Waals surface area contributed by atoms with Crippen LogP contribution in [-0.2, 0) is 0 Å². The van der Waals surface area contributed by atoms with Gasteiger partial charge in [0.15, 0.2) is 11.5 Å². The molecule has 0 aliphatic heterocycles. The largest absolute Gasteiger partial charge is 0.506 e. The maximum atomic E-state index is 14.2. The van der Waals surface area contributed by atoms with Crippen LogP contribution in [0.1, 0.15) is 0 Å². The first kappa shape index (κ1) is 17.9. The summed E-state index contributed by atoms with van der Waals surface area (Å²) in [7, 11) is 4.50. The Morgan fingerprint density at radius 2 is 1.77 bits per heavy atom. The predicted molar refractivity (Wildman–Crippen MR) is 97.8 cm³/mol. The molecule has 0 aliphatic carbocycles. The Kier molecular flexibility index (Phi) is 4.90. The Hall–Kier alpha value is -2.93. The van der Waals surface area contributed by atoms with Crippen LogP contribution in [0.2, 0.25) is 5.02 Å². The van der Waals surface area contributed by atoms with Gasteiger partial charge in [-0.1, -0.05) is 11.6 Å². The lowest BCUT2D eigenvalue weighted by atomic mass is 10.1. The number of phenolic OH excluding ortho intramolecular Hbond substituents is 1. The van der Waals surface area contributed by atoms with Gasteiger partial charge in [-0.15, -0.1) is 0 Å². The zero-order valence-corrected chi connectivity index (χ0v) is 15.0. The minimum atomic E-state index is -0.606. The molecule has 6 nitrogen and oxygen atoms in total. The van der Waals surface area contributed by atoms with E-state index >= 15 is 0 Å². The number of halogens is 2. The second-order valence-corrected chi connectivity index (χ2v) is 5.72. The zero-order chi connectivity index (χ0) is 18.8. The molecule has 0 saturated carbocycles. The standard InChI is InChI=1S/C18H16ClFN2O4/c1-24-15-6-9-12(22-13-8-14(23)10(19)7-11(13)20)4-5-21-16(9)18(26-3)17(15)25-2/h4-8,23H,1-3H3,(H,21,22). The number of anilines is 2. The highest BCUT2D eigenvalue weighted by molar-refractivity contribution is 6.32. The number of fused-ring (bicyclic) bond motifs is 1. The molecule has 1 aromatic heterocycles. The van der Waals surface area contributed by atoms with Gasteiger partial charge in [0.2, 0.25) is 5.75 Å². The van der Waals surface area contributed by atoms with Crippen molar-refractivity contribution in [3.05, 3.63) is 41.3 Å². The van der Waals surface area contributed by atoms with Gasteiger partial charge in [-0.2, -0.15) is 0 Å². The van der Waals surface area contributed by atoms with Gasteiger partial charge in [0.1, 0.15) is 17.1 Å². The number of hydrogen-bond acceptors (Lipinski definition) is 6. The Labute approximate surface area is 154 Å². The predicted octanol–water partition coefficient (Wildman–Crippen LogP) is 4.50. The van der Waals surface area contributed by atoms with Crippen LogP contribution in [0, 0.1) is 5.82 Å². The molecule has 0 saturated heterocycles. The second-order valence-electron chi connectivity index (χ2n) is 5.31. The van der Waals surface area contributed by atoms with E-state index < -0.39 is 5.82 Å². The number of hydrogen-bond donors (Lipinski definition) is 2. The minimum Gasteiger partial charge on any atom is -0.506 e. The topological polar surface area (TPSA) is 72.8 Å². The van der Waals surface area contributed by atoms with Crippen LogP contribution in [0.4, 0.5) is 15.8 Å². The minimum absolute atomic E-state index is 0.0631. The zero-order valence-electron chi connectivity index (χ0n) is 14.3. The van der Waals surface area contributed by atoms with Crippen molar-refractivity contribution in [1.29, 1.82) is 0 Å². The molecule has 8 heteroatoms. The third kappa shape index (κ3) is 3.01. The Balaban J connectivity index is 2.20. The number of aromatic hydroxyl groups is 1. The number of nitrogens with zero attached hydrogens (tertiary/aromatic N) is 1. The van der Waals surface area contributed by atoms with Crippen LogP contribution in [0.5, 0.6) is 23.0 Å². The third-order valence-corrected chi connectivity index (χ3v) is 4.15. The van der Waals surface area contributed by atoms with Crippen LogP contribution in [-0.4, -0.2) is 31.4 Å². The van der Waals surface area contributed by atoms with Crippen molar-refractivity contribution in [3.63, 3.8) is 0 Å². The van der Waals surface area contributed by atoms with Crippen molar-refractivity contribution in [1.82, 2.24) is 4.98 Å². The second kappa shape index (κ2) is 7.13. The van der Waals surface area contributed by atoms with Crippen molar-refractivity contribution in [2.24, 2.45) is 0 Å². The monoisotopic (exact) mass is 378 g/mol. The van der Waals surface area contributed by atoms with Gasteiger partial charge < -0.3 is 24.6 Å². The average molecular weight is 379 g/mol. The smallest absolute Gasteiger partial charge is 0.205 e. The number of aromatic nitrogens is 1. The maximum absolute atomic E-state index is 14.2. The number of benzene rings is 2. The highest BCUT2D eigenvalue weighted by Crippen LogP contribution is 2.44. The summed E-state index contributed by atoms with van der Waals surface area (Å²) < 4.78 is 30.3. The van der Waals surface area contributed by atoms with Crippen LogP contribution in [0.3, 0.4) is 0 Å². The SMILES string of the molecule is COc1cc2c(Nc3cc(O)c(Cl)cc3F)ccnc2c(OC)c1OC. The van der Waals surface area contributed by atoms with E-state index in [0.717, 1.165) is 6.07 Å². The van der Waals surface area contributed by atoms with Crippen molar-refractivity contribution in [3.8, 4) is 23.0 Å². The van der Waals surface area contributed by atoms with E-state index in [0.29, 0.717) is 33.8 Å². The van der Waals surface area contributed by atoms with E-state index in [-0.39, 0.29) is 16.5 Å². The van der Waals surface area contributed by atoms with Crippen LogP contribution >= 0.6 is 11.6 Å². The fourth-order valence-corrected chi connectivity index (χ4v) is 2.79. The molecule has 0 atom stereocenters. The van der Waals surface area contributed by atoms with E-state index in [9.17, 15) is 9.50 Å². The summed E-state index contributed by atoms with van der Waals surface area (Å²) >= 11 is 5.72. The molecule has 0 fully saturated rings. The first-order valence-electron chi connectivity index (χ1n) is 7.52. The lowest BCUT2D eigenvalue weighted by Crippen LogP contribution is -2.00. The summed E-state index contributed by atoms with van der Waals surface area (Å²) in [5.74, 6) is 0.399. The maximum Gasteiger partial charge on any atom is 0.205 e. The molecule has 2 N–H and O–H groups in total. The van der Waals surface area contributed by atoms with Crippen LogP contribution < -0.4 is 19.5 Å². The number of nitrogens with one attached hydrogen (secondary N) is 1. The first-order chi connectivity index (χ1) is 12.5. The molecule has 0 amide bonds.